The van der Waals surface area contributed by atoms with Gasteiger partial charge < -0.3 is 10.2 Å². The van der Waals surface area contributed by atoms with Crippen LogP contribution in [0.3, 0.4) is 0 Å². The van der Waals surface area contributed by atoms with E-state index in [2.05, 4.69) is 5.32 Å². The average Bonchev–Trinajstić information content (AvgIpc) is 2.95. The first-order valence-corrected chi connectivity index (χ1v) is 9.19. The van der Waals surface area contributed by atoms with Crippen molar-refractivity contribution in [2.75, 3.05) is 13.1 Å². The minimum Gasteiger partial charge on any atom is -0.348 e. The van der Waals surface area contributed by atoms with Crippen molar-refractivity contribution >= 4 is 23.2 Å². The molecular formula is C19H21FN2O2S. The minimum absolute atomic E-state index is 0.0416. The largest absolute Gasteiger partial charge is 0.348 e. The van der Waals surface area contributed by atoms with Gasteiger partial charge in [-0.2, -0.15) is 0 Å². The van der Waals surface area contributed by atoms with Gasteiger partial charge in [0.15, 0.2) is 0 Å². The van der Waals surface area contributed by atoms with Crippen molar-refractivity contribution in [1.29, 1.82) is 0 Å². The summed E-state index contributed by atoms with van der Waals surface area (Å²) < 4.78 is 13.8. The molecule has 1 aliphatic rings. The lowest BCUT2D eigenvalue weighted by atomic mass is 10.0. The van der Waals surface area contributed by atoms with Crippen molar-refractivity contribution in [3.8, 4) is 0 Å². The molecule has 0 radical (unpaired) electrons. The van der Waals surface area contributed by atoms with Gasteiger partial charge in [-0.15, -0.1) is 11.3 Å². The molecule has 0 bridgehead atoms. The van der Waals surface area contributed by atoms with Crippen LogP contribution >= 0.6 is 11.3 Å². The third-order valence-corrected chi connectivity index (χ3v) is 5.76. The highest BCUT2D eigenvalue weighted by molar-refractivity contribution is 7.14. The lowest BCUT2D eigenvalue weighted by molar-refractivity contribution is 0.0694. The summed E-state index contributed by atoms with van der Waals surface area (Å²) in [6.45, 7) is 5.03. The number of amides is 2. The van der Waals surface area contributed by atoms with Gasteiger partial charge >= 0.3 is 0 Å². The van der Waals surface area contributed by atoms with E-state index >= 15 is 0 Å². The van der Waals surface area contributed by atoms with Crippen LogP contribution in [0.5, 0.6) is 0 Å². The first kappa shape index (κ1) is 17.6. The smallest absolute Gasteiger partial charge is 0.261 e. The Kier molecular flexibility index (Phi) is 5.18. The second-order valence-corrected chi connectivity index (χ2v) is 7.63. The number of carbonyl (C=O) groups excluding carboxylic acids is 2. The van der Waals surface area contributed by atoms with Crippen molar-refractivity contribution < 1.29 is 14.0 Å². The van der Waals surface area contributed by atoms with Crippen molar-refractivity contribution in [1.82, 2.24) is 10.2 Å². The Morgan fingerprint density at radius 1 is 1.20 bits per heavy atom. The Balaban J connectivity index is 1.56. The van der Waals surface area contributed by atoms with Crippen LogP contribution in [0.4, 0.5) is 4.39 Å². The van der Waals surface area contributed by atoms with E-state index in [1.54, 1.807) is 17.0 Å². The molecular weight excluding hydrogens is 339 g/mol. The molecule has 1 N–H and O–H groups in total. The molecule has 132 valence electrons. The molecule has 1 aromatic heterocycles. The predicted octanol–water partition coefficient (Wildman–Crippen LogP) is 3.54. The zero-order chi connectivity index (χ0) is 18.0. The van der Waals surface area contributed by atoms with Crippen LogP contribution in [0.2, 0.25) is 0 Å². The summed E-state index contributed by atoms with van der Waals surface area (Å²) in [6.07, 6.45) is 1.35. The van der Waals surface area contributed by atoms with Gasteiger partial charge in [-0.25, -0.2) is 4.39 Å². The monoisotopic (exact) mass is 360 g/mol. The summed E-state index contributed by atoms with van der Waals surface area (Å²) >= 11 is 1.50. The van der Waals surface area contributed by atoms with Gasteiger partial charge in [-0.1, -0.05) is 12.1 Å². The summed E-state index contributed by atoms with van der Waals surface area (Å²) in [5, 5.41) is 3.05. The number of piperidine rings is 1. The fourth-order valence-electron chi connectivity index (χ4n) is 2.97. The molecule has 6 heteroatoms. The number of nitrogens with zero attached hydrogens (tertiary/aromatic N) is 1. The Morgan fingerprint density at radius 2 is 1.88 bits per heavy atom. The molecule has 0 saturated carbocycles. The van der Waals surface area contributed by atoms with Gasteiger partial charge in [0.2, 0.25) is 0 Å². The van der Waals surface area contributed by atoms with Crippen LogP contribution in [-0.4, -0.2) is 35.8 Å². The molecule has 2 aromatic rings. The maximum absolute atomic E-state index is 13.8. The highest BCUT2D eigenvalue weighted by Gasteiger charge is 2.26. The number of halogens is 1. The van der Waals surface area contributed by atoms with Crippen LogP contribution in [0.1, 0.15) is 43.3 Å². The van der Waals surface area contributed by atoms with E-state index in [1.165, 1.54) is 23.5 Å². The van der Waals surface area contributed by atoms with Crippen molar-refractivity contribution in [3.63, 3.8) is 0 Å². The summed E-state index contributed by atoms with van der Waals surface area (Å²) in [5.41, 5.74) is 1.23. The Morgan fingerprint density at radius 3 is 2.48 bits per heavy atom. The molecule has 0 unspecified atom stereocenters. The number of carbonyl (C=O) groups is 2. The van der Waals surface area contributed by atoms with Crippen molar-refractivity contribution in [3.05, 3.63) is 57.0 Å². The van der Waals surface area contributed by atoms with E-state index in [9.17, 15) is 14.0 Å². The van der Waals surface area contributed by atoms with Gasteiger partial charge in [0.1, 0.15) is 5.82 Å². The summed E-state index contributed by atoms with van der Waals surface area (Å²) in [6, 6.07) is 7.99. The molecule has 1 fully saturated rings. The lowest BCUT2D eigenvalue weighted by Gasteiger charge is -2.32. The number of rotatable bonds is 3. The predicted molar refractivity (Wildman–Crippen MR) is 96.6 cm³/mol. The number of benzene rings is 1. The standard InChI is InChI=1S/C19H21FN2O2S/c1-12-11-17(25-13(12)2)18(23)21-14-7-9-22(10-8-14)19(24)15-5-3-4-6-16(15)20/h3-6,11,14H,7-10H2,1-2H3,(H,21,23). The number of thiophene rings is 1. The lowest BCUT2D eigenvalue weighted by Crippen LogP contribution is -2.46. The highest BCUT2D eigenvalue weighted by Crippen LogP contribution is 2.21. The van der Waals surface area contributed by atoms with E-state index in [4.69, 9.17) is 0 Å². The summed E-state index contributed by atoms with van der Waals surface area (Å²) in [5.74, 6) is -0.834. The second-order valence-electron chi connectivity index (χ2n) is 6.37. The highest BCUT2D eigenvalue weighted by atomic mass is 32.1. The fourth-order valence-corrected chi connectivity index (χ4v) is 3.91. The SMILES string of the molecule is Cc1cc(C(=O)NC2CCN(C(=O)c3ccccc3F)CC2)sc1C. The maximum Gasteiger partial charge on any atom is 0.261 e. The molecule has 3 rings (SSSR count). The summed E-state index contributed by atoms with van der Waals surface area (Å²) in [4.78, 5) is 28.3. The van der Waals surface area contributed by atoms with Gasteiger partial charge in [-0.05, 0) is 50.5 Å². The number of nitrogens with one attached hydrogen (secondary N) is 1. The van der Waals surface area contributed by atoms with Crippen LogP contribution in [0.25, 0.3) is 0 Å². The molecule has 1 aliphatic heterocycles. The molecule has 0 aliphatic carbocycles. The Hall–Kier alpha value is -2.21. The number of hydrogen-bond acceptors (Lipinski definition) is 3. The van der Waals surface area contributed by atoms with Crippen LogP contribution < -0.4 is 5.32 Å². The van der Waals surface area contributed by atoms with Crippen LogP contribution in [0, 0.1) is 19.7 Å². The molecule has 0 atom stereocenters. The number of hydrogen-bond donors (Lipinski definition) is 1. The van der Waals surface area contributed by atoms with Crippen molar-refractivity contribution in [2.24, 2.45) is 0 Å². The zero-order valence-corrected chi connectivity index (χ0v) is 15.2. The fraction of sp³-hybridized carbons (Fsp3) is 0.368. The maximum atomic E-state index is 13.8. The van der Waals surface area contributed by atoms with Gasteiger partial charge in [0.25, 0.3) is 11.8 Å². The normalized spacial score (nSPS) is 15.2. The van der Waals surface area contributed by atoms with Crippen LogP contribution in [-0.2, 0) is 0 Å². The van der Waals surface area contributed by atoms with E-state index in [0.717, 1.165) is 15.3 Å². The van der Waals surface area contributed by atoms with Gasteiger partial charge in [-0.3, -0.25) is 9.59 Å². The molecule has 4 nitrogen and oxygen atoms in total. The first-order valence-electron chi connectivity index (χ1n) is 8.37. The van der Waals surface area contributed by atoms with Gasteiger partial charge in [0.05, 0.1) is 10.4 Å². The molecule has 25 heavy (non-hydrogen) atoms. The van der Waals surface area contributed by atoms with Gasteiger partial charge in [0, 0.05) is 24.0 Å². The molecule has 0 spiro atoms. The van der Waals surface area contributed by atoms with E-state index in [-0.39, 0.29) is 23.4 Å². The Bertz CT molecular complexity index is 775. The van der Waals surface area contributed by atoms with E-state index < -0.39 is 5.82 Å². The molecule has 1 saturated heterocycles. The van der Waals surface area contributed by atoms with Crippen molar-refractivity contribution in [2.45, 2.75) is 32.7 Å². The third-order valence-electron chi connectivity index (χ3n) is 4.61. The number of likely N-dealkylation sites (tertiary alicyclic amines) is 1. The molecule has 2 amide bonds. The topological polar surface area (TPSA) is 49.4 Å². The quantitative estimate of drug-likeness (QED) is 0.910. The molecule has 1 aromatic carbocycles. The van der Waals surface area contributed by atoms with E-state index in [0.29, 0.717) is 25.9 Å². The van der Waals surface area contributed by atoms with E-state index in [1.807, 2.05) is 19.9 Å². The zero-order valence-electron chi connectivity index (χ0n) is 14.3. The third kappa shape index (κ3) is 3.90. The number of aryl methyl sites for hydroxylation is 2. The minimum atomic E-state index is -0.494. The average molecular weight is 360 g/mol. The second kappa shape index (κ2) is 7.35. The first-order chi connectivity index (χ1) is 12.0. The summed E-state index contributed by atoms with van der Waals surface area (Å²) in [7, 11) is 0. The Labute approximate surface area is 150 Å². The molecule has 2 heterocycles. The van der Waals surface area contributed by atoms with Crippen LogP contribution in [0.15, 0.2) is 30.3 Å².